The van der Waals surface area contributed by atoms with Gasteiger partial charge in [0.1, 0.15) is 0 Å². The highest BCUT2D eigenvalue weighted by Crippen LogP contribution is 2.15. The quantitative estimate of drug-likeness (QED) is 0.554. The number of rotatable bonds is 0. The molecule has 0 bridgehead atoms. The number of anilines is 1. The number of hydrogen-bond donors (Lipinski definition) is 1. The summed E-state index contributed by atoms with van der Waals surface area (Å²) >= 11 is 0. The molecule has 0 atom stereocenters. The maximum Gasteiger partial charge on any atom is 0.155 e. The predicted molar refractivity (Wildman–Crippen MR) is 36.6 cm³/mol. The highest BCUT2D eigenvalue weighted by molar-refractivity contribution is 5.43. The summed E-state index contributed by atoms with van der Waals surface area (Å²) < 4.78 is 0. The van der Waals surface area contributed by atoms with Crippen molar-refractivity contribution in [3.63, 3.8) is 0 Å². The number of fused-ring (bicyclic) bond motifs is 1. The van der Waals surface area contributed by atoms with Gasteiger partial charge in [0.25, 0.3) is 0 Å². The molecule has 52 valence electrons. The van der Waals surface area contributed by atoms with Gasteiger partial charge in [-0.1, -0.05) is 0 Å². The molecule has 0 saturated carbocycles. The van der Waals surface area contributed by atoms with Crippen molar-refractivity contribution in [3.05, 3.63) is 11.8 Å². The van der Waals surface area contributed by atoms with Gasteiger partial charge in [-0.15, -0.1) is 10.2 Å². The lowest BCUT2D eigenvalue weighted by atomic mass is 10.1. The van der Waals surface area contributed by atoms with Crippen LogP contribution in [-0.2, 0) is 6.42 Å². The first-order chi connectivity index (χ1) is 4.97. The van der Waals surface area contributed by atoms with Crippen LogP contribution in [0.5, 0.6) is 0 Å². The lowest BCUT2D eigenvalue weighted by Gasteiger charge is -2.13. The average Bonchev–Trinajstić information content (AvgIpc) is 2.05. The first-order valence-corrected chi connectivity index (χ1v) is 3.38. The van der Waals surface area contributed by atoms with Gasteiger partial charge in [-0.05, 0) is 18.1 Å². The van der Waals surface area contributed by atoms with Crippen LogP contribution in [0.3, 0.4) is 0 Å². The van der Waals surface area contributed by atoms with Gasteiger partial charge in [-0.25, -0.2) is 0 Å². The predicted octanol–water partition coefficient (Wildman–Crippen LogP) is 0.230. The van der Waals surface area contributed by atoms with Gasteiger partial charge >= 0.3 is 0 Å². The highest BCUT2D eigenvalue weighted by atomic mass is 15.3. The van der Waals surface area contributed by atoms with E-state index in [-0.39, 0.29) is 0 Å². The molecule has 2 heterocycles. The standard InChI is InChI=1S/C6H8N4/c1-2-5-4-8-10-9-6(5)7-3-1/h4H,1-3H2,(H,7,8,9). The van der Waals surface area contributed by atoms with E-state index < -0.39 is 0 Å². The monoisotopic (exact) mass is 136 g/mol. The summed E-state index contributed by atoms with van der Waals surface area (Å²) in [6, 6.07) is 0. The van der Waals surface area contributed by atoms with E-state index in [4.69, 9.17) is 0 Å². The number of aryl methyl sites for hydroxylation is 1. The number of nitrogens with one attached hydrogen (secondary N) is 1. The van der Waals surface area contributed by atoms with Crippen molar-refractivity contribution in [1.82, 2.24) is 15.4 Å². The summed E-state index contributed by atoms with van der Waals surface area (Å²) in [6.07, 6.45) is 4.01. The third-order valence-electron chi connectivity index (χ3n) is 1.63. The average molecular weight is 136 g/mol. The smallest absolute Gasteiger partial charge is 0.155 e. The van der Waals surface area contributed by atoms with E-state index in [0.717, 1.165) is 18.8 Å². The Balaban J connectivity index is 2.41. The molecule has 4 nitrogen and oxygen atoms in total. The number of aromatic nitrogens is 3. The van der Waals surface area contributed by atoms with Crippen molar-refractivity contribution in [2.24, 2.45) is 0 Å². The van der Waals surface area contributed by atoms with E-state index in [9.17, 15) is 0 Å². The van der Waals surface area contributed by atoms with Crippen molar-refractivity contribution in [2.45, 2.75) is 12.8 Å². The molecule has 0 aromatic carbocycles. The highest BCUT2D eigenvalue weighted by Gasteiger charge is 2.08. The van der Waals surface area contributed by atoms with Crippen LogP contribution in [-0.4, -0.2) is 22.0 Å². The maximum atomic E-state index is 3.85. The second-order valence-electron chi connectivity index (χ2n) is 2.34. The second-order valence-corrected chi connectivity index (χ2v) is 2.34. The minimum Gasteiger partial charge on any atom is -0.368 e. The molecule has 0 fully saturated rings. The van der Waals surface area contributed by atoms with Gasteiger partial charge in [0.15, 0.2) is 5.82 Å². The lowest BCUT2D eigenvalue weighted by Crippen LogP contribution is -2.14. The zero-order chi connectivity index (χ0) is 6.81. The maximum absolute atomic E-state index is 3.85. The van der Waals surface area contributed by atoms with Crippen LogP contribution in [0.1, 0.15) is 12.0 Å². The van der Waals surface area contributed by atoms with Crippen molar-refractivity contribution in [3.8, 4) is 0 Å². The third kappa shape index (κ3) is 0.814. The molecule has 10 heavy (non-hydrogen) atoms. The van der Waals surface area contributed by atoms with Crippen LogP contribution < -0.4 is 5.32 Å². The van der Waals surface area contributed by atoms with E-state index >= 15 is 0 Å². The van der Waals surface area contributed by atoms with Crippen molar-refractivity contribution in [1.29, 1.82) is 0 Å². The van der Waals surface area contributed by atoms with Gasteiger partial charge in [0, 0.05) is 12.1 Å². The minimum absolute atomic E-state index is 0.904. The molecule has 0 radical (unpaired) electrons. The van der Waals surface area contributed by atoms with E-state index in [2.05, 4.69) is 20.7 Å². The Kier molecular flexibility index (Phi) is 1.23. The van der Waals surface area contributed by atoms with Gasteiger partial charge < -0.3 is 5.32 Å². The molecule has 1 aromatic rings. The summed E-state index contributed by atoms with van der Waals surface area (Å²) in [5.41, 5.74) is 1.18. The van der Waals surface area contributed by atoms with Crippen LogP contribution in [0.15, 0.2) is 6.20 Å². The molecule has 1 aliphatic heterocycles. The Hall–Kier alpha value is -1.19. The Morgan fingerprint density at radius 3 is 3.40 bits per heavy atom. The van der Waals surface area contributed by atoms with E-state index in [1.54, 1.807) is 6.20 Å². The molecule has 0 saturated heterocycles. The summed E-state index contributed by atoms with van der Waals surface area (Å²) in [4.78, 5) is 0. The van der Waals surface area contributed by atoms with E-state index in [1.807, 2.05) is 0 Å². The summed E-state index contributed by atoms with van der Waals surface area (Å²) in [6.45, 7) is 1.01. The van der Waals surface area contributed by atoms with Crippen LogP contribution >= 0.6 is 0 Å². The normalized spacial score (nSPS) is 15.6. The fraction of sp³-hybridized carbons (Fsp3) is 0.500. The third-order valence-corrected chi connectivity index (χ3v) is 1.63. The molecule has 1 aromatic heterocycles. The number of hydrogen-bond acceptors (Lipinski definition) is 4. The fourth-order valence-electron chi connectivity index (χ4n) is 1.11. The van der Waals surface area contributed by atoms with Crippen LogP contribution in [0.25, 0.3) is 0 Å². The minimum atomic E-state index is 0.904. The molecular weight excluding hydrogens is 128 g/mol. The van der Waals surface area contributed by atoms with Crippen molar-refractivity contribution in [2.75, 3.05) is 11.9 Å². The Labute approximate surface area is 58.7 Å². The second kappa shape index (κ2) is 2.21. The zero-order valence-corrected chi connectivity index (χ0v) is 5.54. The van der Waals surface area contributed by atoms with Crippen LogP contribution in [0, 0.1) is 0 Å². The first kappa shape index (κ1) is 5.58. The Morgan fingerprint density at radius 1 is 1.50 bits per heavy atom. The largest absolute Gasteiger partial charge is 0.368 e. The molecule has 2 rings (SSSR count). The zero-order valence-electron chi connectivity index (χ0n) is 5.54. The Morgan fingerprint density at radius 2 is 2.50 bits per heavy atom. The number of nitrogens with zero attached hydrogens (tertiary/aromatic N) is 3. The van der Waals surface area contributed by atoms with Crippen LogP contribution in [0.4, 0.5) is 5.82 Å². The summed E-state index contributed by atoms with van der Waals surface area (Å²) in [5.74, 6) is 0.904. The fourth-order valence-corrected chi connectivity index (χ4v) is 1.11. The van der Waals surface area contributed by atoms with E-state index in [0.29, 0.717) is 0 Å². The molecule has 0 unspecified atom stereocenters. The van der Waals surface area contributed by atoms with Crippen molar-refractivity contribution >= 4 is 5.82 Å². The van der Waals surface area contributed by atoms with Gasteiger partial charge in [0.2, 0.25) is 0 Å². The molecule has 0 spiro atoms. The lowest BCUT2D eigenvalue weighted by molar-refractivity contribution is 0.762. The molecule has 0 amide bonds. The molecular formula is C6H8N4. The van der Waals surface area contributed by atoms with Gasteiger partial charge in [0.05, 0.1) is 6.20 Å². The van der Waals surface area contributed by atoms with Gasteiger partial charge in [-0.3, -0.25) is 0 Å². The molecule has 1 N–H and O–H groups in total. The van der Waals surface area contributed by atoms with Crippen LogP contribution in [0.2, 0.25) is 0 Å². The first-order valence-electron chi connectivity index (χ1n) is 3.38. The molecule has 1 aliphatic rings. The topological polar surface area (TPSA) is 50.7 Å². The van der Waals surface area contributed by atoms with Gasteiger partial charge in [-0.2, -0.15) is 0 Å². The summed E-state index contributed by atoms with van der Waals surface area (Å²) in [5, 5.41) is 14.2. The summed E-state index contributed by atoms with van der Waals surface area (Å²) in [7, 11) is 0. The Bertz CT molecular complexity index is 210. The molecule has 0 aliphatic carbocycles. The van der Waals surface area contributed by atoms with E-state index in [1.165, 1.54) is 12.0 Å². The molecule has 4 heteroatoms. The SMILES string of the molecule is c1nnnc2c1CCCN2. The van der Waals surface area contributed by atoms with Crippen molar-refractivity contribution < 1.29 is 0 Å².